The van der Waals surface area contributed by atoms with Crippen molar-refractivity contribution in [3.05, 3.63) is 106 Å². The van der Waals surface area contributed by atoms with Gasteiger partial charge in [-0.3, -0.25) is 0 Å². The highest BCUT2D eigenvalue weighted by atomic mass is 32.1. The van der Waals surface area contributed by atoms with Crippen molar-refractivity contribution < 1.29 is 4.42 Å². The first-order valence-electron chi connectivity index (χ1n) is 10.6. The van der Waals surface area contributed by atoms with Crippen molar-refractivity contribution in [2.75, 3.05) is 0 Å². The van der Waals surface area contributed by atoms with E-state index in [1.807, 2.05) is 97.2 Å². The van der Waals surface area contributed by atoms with E-state index in [1.54, 1.807) is 11.3 Å². The van der Waals surface area contributed by atoms with Gasteiger partial charge in [0.15, 0.2) is 0 Å². The average Bonchev–Trinajstić information content (AvgIpc) is 3.37. The summed E-state index contributed by atoms with van der Waals surface area (Å²) < 4.78 is 5.85. The van der Waals surface area contributed by atoms with Crippen LogP contribution < -0.4 is 5.63 Å². The van der Waals surface area contributed by atoms with Crippen LogP contribution in [0.5, 0.6) is 0 Å². The fourth-order valence-electron chi connectivity index (χ4n) is 4.17. The molecule has 158 valence electrons. The van der Waals surface area contributed by atoms with E-state index >= 15 is 0 Å². The fourth-order valence-corrected chi connectivity index (χ4v) is 4.96. The van der Waals surface area contributed by atoms with Crippen LogP contribution in [-0.2, 0) is 0 Å². The summed E-state index contributed by atoms with van der Waals surface area (Å²) in [6, 6.07) is 27.5. The first kappa shape index (κ1) is 19.6. The lowest BCUT2D eigenvalue weighted by Crippen LogP contribution is -2.09. The summed E-state index contributed by atoms with van der Waals surface area (Å²) in [7, 11) is 0. The zero-order valence-corrected chi connectivity index (χ0v) is 18.6. The summed E-state index contributed by atoms with van der Waals surface area (Å²) in [6.07, 6.45) is 0. The lowest BCUT2D eigenvalue weighted by Gasteiger charge is -2.14. The molecule has 0 saturated heterocycles. The fraction of sp³-hybridized carbons (Fsp3) is 0.0357. The Bertz CT molecular complexity index is 1690. The van der Waals surface area contributed by atoms with Gasteiger partial charge in [-0.2, -0.15) is 0 Å². The van der Waals surface area contributed by atoms with Gasteiger partial charge in [-0.05, 0) is 42.1 Å². The van der Waals surface area contributed by atoms with Crippen LogP contribution in [0.3, 0.4) is 0 Å². The quantitative estimate of drug-likeness (QED) is 0.272. The molecular weight excluding hydrogens is 428 g/mol. The van der Waals surface area contributed by atoms with Crippen LogP contribution in [0.2, 0.25) is 0 Å². The molecule has 6 rings (SSSR count). The maximum absolute atomic E-state index is 13.6. The molecule has 4 nitrogen and oxygen atoms in total. The number of aryl methyl sites for hydroxylation is 1. The van der Waals surface area contributed by atoms with E-state index in [2.05, 4.69) is 0 Å². The minimum Gasteiger partial charge on any atom is -0.422 e. The third-order valence-corrected chi connectivity index (χ3v) is 6.57. The SMILES string of the molecule is Cc1ccc2c(-c3cccs3)c(-c3nc4ccccc4nc3-c3ccccc3)c(=O)oc2c1. The molecule has 0 saturated carbocycles. The van der Waals surface area contributed by atoms with Crippen LogP contribution in [0.25, 0.3) is 55.0 Å². The summed E-state index contributed by atoms with van der Waals surface area (Å²) in [4.78, 5) is 24.4. The van der Waals surface area contributed by atoms with Crippen LogP contribution >= 0.6 is 11.3 Å². The van der Waals surface area contributed by atoms with Gasteiger partial charge in [0, 0.05) is 21.4 Å². The van der Waals surface area contributed by atoms with Crippen LogP contribution in [0.1, 0.15) is 5.56 Å². The Kier molecular flexibility index (Phi) is 4.63. The molecule has 0 radical (unpaired) electrons. The number of aromatic nitrogens is 2. The molecule has 0 atom stereocenters. The molecule has 33 heavy (non-hydrogen) atoms. The summed E-state index contributed by atoms with van der Waals surface area (Å²) in [6.45, 7) is 1.99. The van der Waals surface area contributed by atoms with Gasteiger partial charge >= 0.3 is 5.63 Å². The topological polar surface area (TPSA) is 56.0 Å². The van der Waals surface area contributed by atoms with Crippen molar-refractivity contribution >= 4 is 33.3 Å². The Morgan fingerprint density at radius 3 is 2.21 bits per heavy atom. The molecule has 0 fully saturated rings. The minimum absolute atomic E-state index is 0.418. The Morgan fingerprint density at radius 2 is 1.48 bits per heavy atom. The summed E-state index contributed by atoms with van der Waals surface area (Å²) >= 11 is 1.59. The van der Waals surface area contributed by atoms with Crippen LogP contribution in [0.15, 0.2) is 99.5 Å². The van der Waals surface area contributed by atoms with E-state index in [0.717, 1.165) is 38.0 Å². The number of nitrogens with zero attached hydrogens (tertiary/aromatic N) is 2. The summed E-state index contributed by atoms with van der Waals surface area (Å²) in [5.74, 6) is 0. The van der Waals surface area contributed by atoms with Gasteiger partial charge < -0.3 is 4.42 Å². The number of benzene rings is 3. The third kappa shape index (κ3) is 3.34. The van der Waals surface area contributed by atoms with Crippen molar-refractivity contribution in [3.8, 4) is 33.0 Å². The van der Waals surface area contributed by atoms with E-state index in [1.165, 1.54) is 0 Å². The molecule has 0 amide bonds. The Balaban J connectivity index is 1.79. The molecule has 0 aliphatic rings. The third-order valence-electron chi connectivity index (χ3n) is 5.69. The summed E-state index contributed by atoms with van der Waals surface area (Å²) in [5, 5.41) is 2.89. The Labute approximate surface area is 193 Å². The zero-order chi connectivity index (χ0) is 22.4. The Hall–Kier alpha value is -4.09. The van der Waals surface area contributed by atoms with E-state index in [-0.39, 0.29) is 0 Å². The molecule has 0 aliphatic carbocycles. The predicted molar refractivity (Wildman–Crippen MR) is 135 cm³/mol. The number of hydrogen-bond donors (Lipinski definition) is 0. The monoisotopic (exact) mass is 446 g/mol. The number of hydrogen-bond acceptors (Lipinski definition) is 5. The average molecular weight is 447 g/mol. The number of rotatable bonds is 3. The van der Waals surface area contributed by atoms with Crippen molar-refractivity contribution in [1.29, 1.82) is 0 Å². The first-order valence-corrected chi connectivity index (χ1v) is 11.5. The van der Waals surface area contributed by atoms with Crippen molar-refractivity contribution in [2.45, 2.75) is 6.92 Å². The van der Waals surface area contributed by atoms with E-state index in [4.69, 9.17) is 14.4 Å². The standard InChI is InChI=1S/C28H18N2O2S/c1-17-13-14-19-22(16-17)32-28(31)25(24(19)23-12-7-15-33-23)27-26(18-8-3-2-4-9-18)29-20-10-5-6-11-21(20)30-27/h2-16H,1H3. The van der Waals surface area contributed by atoms with Crippen LogP contribution in [-0.4, -0.2) is 9.97 Å². The maximum atomic E-state index is 13.6. The molecule has 0 aliphatic heterocycles. The van der Waals surface area contributed by atoms with Gasteiger partial charge in [0.1, 0.15) is 11.3 Å². The van der Waals surface area contributed by atoms with Crippen LogP contribution in [0.4, 0.5) is 0 Å². The minimum atomic E-state index is -0.418. The zero-order valence-electron chi connectivity index (χ0n) is 17.8. The Morgan fingerprint density at radius 1 is 0.758 bits per heavy atom. The smallest absolute Gasteiger partial charge is 0.346 e. The molecule has 3 aromatic carbocycles. The van der Waals surface area contributed by atoms with Gasteiger partial charge in [0.25, 0.3) is 0 Å². The molecule has 6 aromatic rings. The summed E-state index contributed by atoms with van der Waals surface area (Å²) in [5.41, 5.74) is 6.04. The molecule has 3 heterocycles. The van der Waals surface area contributed by atoms with Crippen LogP contribution in [0, 0.1) is 6.92 Å². The maximum Gasteiger partial charge on any atom is 0.346 e. The van der Waals surface area contributed by atoms with E-state index in [9.17, 15) is 4.79 Å². The second-order valence-corrected chi connectivity index (χ2v) is 8.84. The molecule has 0 bridgehead atoms. The number of fused-ring (bicyclic) bond motifs is 2. The molecule has 0 spiro atoms. The van der Waals surface area contributed by atoms with Gasteiger partial charge in [0.2, 0.25) is 0 Å². The molecule has 0 unspecified atom stereocenters. The van der Waals surface area contributed by atoms with Crippen molar-refractivity contribution in [3.63, 3.8) is 0 Å². The van der Waals surface area contributed by atoms with E-state index < -0.39 is 5.63 Å². The van der Waals surface area contributed by atoms with Gasteiger partial charge in [-0.25, -0.2) is 14.8 Å². The number of thiophene rings is 1. The first-order chi connectivity index (χ1) is 16.2. The molecule has 0 N–H and O–H groups in total. The predicted octanol–water partition coefficient (Wildman–Crippen LogP) is 7.11. The van der Waals surface area contributed by atoms with Gasteiger partial charge in [-0.1, -0.05) is 60.7 Å². The van der Waals surface area contributed by atoms with Gasteiger partial charge in [0.05, 0.1) is 22.3 Å². The second kappa shape index (κ2) is 7.80. The van der Waals surface area contributed by atoms with Crippen molar-refractivity contribution in [1.82, 2.24) is 9.97 Å². The highest BCUT2D eigenvalue weighted by molar-refractivity contribution is 7.13. The molecule has 5 heteroatoms. The highest BCUT2D eigenvalue weighted by Crippen LogP contribution is 2.40. The second-order valence-electron chi connectivity index (χ2n) is 7.89. The lowest BCUT2D eigenvalue weighted by molar-refractivity contribution is 0.563. The molecule has 3 aromatic heterocycles. The van der Waals surface area contributed by atoms with E-state index in [0.29, 0.717) is 22.5 Å². The molecular formula is C28H18N2O2S. The number of para-hydroxylation sites is 2. The van der Waals surface area contributed by atoms with Gasteiger partial charge in [-0.15, -0.1) is 11.3 Å². The largest absolute Gasteiger partial charge is 0.422 e. The lowest BCUT2D eigenvalue weighted by atomic mass is 9.96. The highest BCUT2D eigenvalue weighted by Gasteiger charge is 2.24. The normalized spacial score (nSPS) is 11.3. The van der Waals surface area contributed by atoms with Crippen molar-refractivity contribution in [2.24, 2.45) is 0 Å².